The molecule has 11 heteroatoms. The maximum atomic E-state index is 12.4. The summed E-state index contributed by atoms with van der Waals surface area (Å²) in [5.74, 6) is -0.0564. The number of aromatic hydroxyl groups is 1. The highest BCUT2D eigenvalue weighted by Gasteiger charge is 2.13. The first-order chi connectivity index (χ1) is 17.8. The first-order valence-electron chi connectivity index (χ1n) is 10.7. The van der Waals surface area contributed by atoms with E-state index < -0.39 is 23.4 Å². The van der Waals surface area contributed by atoms with Crippen LogP contribution in [0, 0.1) is 0 Å². The predicted octanol–water partition coefficient (Wildman–Crippen LogP) is 4.83. The van der Waals surface area contributed by atoms with E-state index in [9.17, 15) is 24.3 Å². The van der Waals surface area contributed by atoms with Gasteiger partial charge in [0, 0.05) is 40.7 Å². The lowest BCUT2D eigenvalue weighted by atomic mass is 10.2. The van der Waals surface area contributed by atoms with Crippen molar-refractivity contribution in [3.05, 3.63) is 99.7 Å². The fourth-order valence-corrected chi connectivity index (χ4v) is 3.42. The number of hydrogen-bond acceptors (Lipinski definition) is 9. The van der Waals surface area contributed by atoms with Crippen molar-refractivity contribution in [2.75, 3.05) is 10.6 Å². The molecule has 0 atom stereocenters. The van der Waals surface area contributed by atoms with Crippen molar-refractivity contribution in [3.63, 3.8) is 0 Å². The van der Waals surface area contributed by atoms with Crippen molar-refractivity contribution in [1.29, 1.82) is 0 Å². The molecule has 0 aliphatic rings. The molecule has 0 spiro atoms. The van der Waals surface area contributed by atoms with Crippen LogP contribution in [0.4, 0.5) is 21.0 Å². The predicted molar refractivity (Wildman–Crippen MR) is 132 cm³/mol. The van der Waals surface area contributed by atoms with Crippen LogP contribution in [0.2, 0.25) is 0 Å². The lowest BCUT2D eigenvalue weighted by Crippen LogP contribution is -2.18. The minimum atomic E-state index is -0.940. The second kappa shape index (κ2) is 9.58. The molecule has 3 N–H and O–H groups in total. The summed E-state index contributed by atoms with van der Waals surface area (Å²) in [7, 11) is 0. The second-order valence-corrected chi connectivity index (χ2v) is 7.67. The lowest BCUT2D eigenvalue weighted by Gasteiger charge is -2.11. The van der Waals surface area contributed by atoms with Crippen LogP contribution in [-0.4, -0.2) is 17.3 Å². The number of carbonyl (C=O) groups is 2. The SMILES string of the molecule is O=C(Nc1ccc(O)c(NC(=O)Oc2ccc3ccc(=O)oc3c2)c1)Oc1ccc2ccc(=O)oc2c1. The highest BCUT2D eigenvalue weighted by molar-refractivity contribution is 5.92. The van der Waals surface area contributed by atoms with Gasteiger partial charge in [-0.2, -0.15) is 0 Å². The molecule has 5 rings (SSSR count). The number of fused-ring (bicyclic) bond motifs is 2. The number of ether oxygens (including phenoxy) is 2. The molecule has 2 amide bonds. The van der Waals surface area contributed by atoms with Crippen LogP contribution in [0.5, 0.6) is 17.2 Å². The Labute approximate surface area is 206 Å². The average Bonchev–Trinajstić information content (AvgIpc) is 2.85. The molecule has 0 saturated carbocycles. The van der Waals surface area contributed by atoms with Gasteiger partial charge in [0.2, 0.25) is 0 Å². The molecule has 0 saturated heterocycles. The summed E-state index contributed by atoms with van der Waals surface area (Å²) in [6.07, 6.45) is -1.81. The Bertz CT molecular complexity index is 1790. The van der Waals surface area contributed by atoms with Crippen molar-refractivity contribution in [1.82, 2.24) is 0 Å². The first-order valence-corrected chi connectivity index (χ1v) is 10.7. The van der Waals surface area contributed by atoms with Crippen molar-refractivity contribution in [2.24, 2.45) is 0 Å². The van der Waals surface area contributed by atoms with Crippen LogP contribution >= 0.6 is 0 Å². The van der Waals surface area contributed by atoms with Crippen molar-refractivity contribution >= 4 is 45.5 Å². The highest BCUT2D eigenvalue weighted by atomic mass is 16.6. The van der Waals surface area contributed by atoms with Crippen LogP contribution in [0.3, 0.4) is 0 Å². The van der Waals surface area contributed by atoms with Crippen LogP contribution in [0.1, 0.15) is 0 Å². The van der Waals surface area contributed by atoms with E-state index >= 15 is 0 Å². The number of phenolic OH excluding ortho intramolecular Hbond substituents is 1. The molecule has 0 bridgehead atoms. The summed E-state index contributed by atoms with van der Waals surface area (Å²) in [4.78, 5) is 47.5. The van der Waals surface area contributed by atoms with Gasteiger partial charge < -0.3 is 23.4 Å². The number of phenols is 1. The van der Waals surface area contributed by atoms with E-state index in [4.69, 9.17) is 18.3 Å². The monoisotopic (exact) mass is 500 g/mol. The van der Waals surface area contributed by atoms with E-state index in [0.29, 0.717) is 10.8 Å². The number of carbonyl (C=O) groups excluding carboxylic acids is 2. The summed E-state index contributed by atoms with van der Waals surface area (Å²) in [5, 5.41) is 16.2. The third-order valence-electron chi connectivity index (χ3n) is 5.09. The Kier molecular flexibility index (Phi) is 6.00. The quantitative estimate of drug-likeness (QED) is 0.179. The first kappa shape index (κ1) is 23.2. The van der Waals surface area contributed by atoms with Gasteiger partial charge in [-0.15, -0.1) is 0 Å². The lowest BCUT2D eigenvalue weighted by molar-refractivity contribution is 0.214. The summed E-state index contributed by atoms with van der Waals surface area (Å²) >= 11 is 0. The third kappa shape index (κ3) is 5.41. The van der Waals surface area contributed by atoms with Gasteiger partial charge >= 0.3 is 23.4 Å². The van der Waals surface area contributed by atoms with Crippen molar-refractivity contribution in [3.8, 4) is 17.2 Å². The zero-order valence-electron chi connectivity index (χ0n) is 18.7. The van der Waals surface area contributed by atoms with Gasteiger partial charge in [0.05, 0.1) is 5.69 Å². The van der Waals surface area contributed by atoms with E-state index in [1.54, 1.807) is 24.3 Å². The van der Waals surface area contributed by atoms with Gasteiger partial charge in [0.25, 0.3) is 0 Å². The number of rotatable bonds is 4. The second-order valence-electron chi connectivity index (χ2n) is 7.67. The molecule has 2 heterocycles. The average molecular weight is 500 g/mol. The number of anilines is 2. The largest absolute Gasteiger partial charge is 0.506 e. The van der Waals surface area contributed by atoms with E-state index in [1.807, 2.05) is 0 Å². The fraction of sp³-hybridized carbons (Fsp3) is 0. The van der Waals surface area contributed by atoms with Crippen LogP contribution < -0.4 is 31.4 Å². The Morgan fingerprint density at radius 1 is 0.649 bits per heavy atom. The molecule has 0 aliphatic carbocycles. The minimum Gasteiger partial charge on any atom is -0.506 e. The zero-order chi connectivity index (χ0) is 25.9. The Balaban J connectivity index is 1.25. The Morgan fingerprint density at radius 2 is 1.16 bits per heavy atom. The van der Waals surface area contributed by atoms with Gasteiger partial charge in [-0.3, -0.25) is 10.6 Å². The molecular weight excluding hydrogens is 484 g/mol. The highest BCUT2D eigenvalue weighted by Crippen LogP contribution is 2.28. The maximum Gasteiger partial charge on any atom is 0.417 e. The van der Waals surface area contributed by atoms with Crippen molar-refractivity contribution in [2.45, 2.75) is 0 Å². The summed E-state index contributed by atoms with van der Waals surface area (Å²) in [5.41, 5.74) is -0.460. The number of amides is 2. The van der Waals surface area contributed by atoms with Gasteiger partial charge in [-0.25, -0.2) is 19.2 Å². The normalized spacial score (nSPS) is 10.7. The molecule has 11 nitrogen and oxygen atoms in total. The van der Waals surface area contributed by atoms with E-state index in [2.05, 4.69) is 10.6 Å². The van der Waals surface area contributed by atoms with E-state index in [1.165, 1.54) is 54.6 Å². The molecule has 184 valence electrons. The van der Waals surface area contributed by atoms with Gasteiger partial charge in [-0.05, 0) is 54.6 Å². The fourth-order valence-electron chi connectivity index (χ4n) is 3.42. The molecule has 5 aromatic rings. The summed E-state index contributed by atoms with van der Waals surface area (Å²) in [6, 6.07) is 18.7. The van der Waals surface area contributed by atoms with Gasteiger partial charge in [0.15, 0.2) is 0 Å². The van der Waals surface area contributed by atoms with Crippen LogP contribution in [0.25, 0.3) is 21.9 Å². The van der Waals surface area contributed by atoms with Gasteiger partial charge in [0.1, 0.15) is 28.4 Å². The van der Waals surface area contributed by atoms with E-state index in [0.717, 1.165) is 0 Å². The molecule has 0 radical (unpaired) electrons. The summed E-state index contributed by atoms with van der Waals surface area (Å²) in [6.45, 7) is 0. The Hall–Kier alpha value is -5.58. The minimum absolute atomic E-state index is 0.0531. The van der Waals surface area contributed by atoms with Crippen LogP contribution in [-0.2, 0) is 0 Å². The molecule has 0 fully saturated rings. The number of hydrogen-bond donors (Lipinski definition) is 3. The molecule has 37 heavy (non-hydrogen) atoms. The molecule has 0 aliphatic heterocycles. The maximum absolute atomic E-state index is 12.4. The third-order valence-corrected chi connectivity index (χ3v) is 5.09. The molecule has 3 aromatic carbocycles. The Morgan fingerprint density at radius 3 is 1.73 bits per heavy atom. The molecular formula is C26H16N2O9. The van der Waals surface area contributed by atoms with Crippen molar-refractivity contribution < 1.29 is 33.0 Å². The topological polar surface area (TPSA) is 157 Å². The number of nitrogens with one attached hydrogen (secondary N) is 2. The molecule has 0 unspecified atom stereocenters. The standard InChI is InChI=1S/C26H16N2O9/c29-20-8-5-16(27-25(32)34-17-6-1-14-3-9-23(30)36-21(14)12-17)11-19(20)28-26(33)35-18-7-2-15-4-10-24(31)37-22(15)13-18/h1-13,29H,(H,27,32)(H,28,33). The van der Waals surface area contributed by atoms with Gasteiger partial charge in [-0.1, -0.05) is 0 Å². The van der Waals surface area contributed by atoms with Crippen LogP contribution in [0.15, 0.2) is 97.3 Å². The molecule has 2 aromatic heterocycles. The number of benzene rings is 3. The smallest absolute Gasteiger partial charge is 0.417 e. The van der Waals surface area contributed by atoms with E-state index in [-0.39, 0.29) is 39.8 Å². The zero-order valence-corrected chi connectivity index (χ0v) is 18.7. The summed E-state index contributed by atoms with van der Waals surface area (Å²) < 4.78 is 20.6.